The van der Waals surface area contributed by atoms with Gasteiger partial charge in [0, 0.05) is 18.6 Å². The van der Waals surface area contributed by atoms with Gasteiger partial charge in [0.25, 0.3) is 0 Å². The summed E-state index contributed by atoms with van der Waals surface area (Å²) >= 11 is 0. The second kappa shape index (κ2) is 31.1. The van der Waals surface area contributed by atoms with E-state index in [9.17, 15) is 0 Å². The van der Waals surface area contributed by atoms with Crippen LogP contribution in [0.15, 0.2) is 24.5 Å². The van der Waals surface area contributed by atoms with Crippen LogP contribution in [0.1, 0.15) is 212 Å². The lowest BCUT2D eigenvalue weighted by Gasteiger charge is -2.04. The van der Waals surface area contributed by atoms with Gasteiger partial charge in [0.15, 0.2) is 12.4 Å². The molecule has 0 spiro atoms. The largest absolute Gasteiger partial charge is 0.205 e. The van der Waals surface area contributed by atoms with E-state index in [2.05, 4.69) is 42.9 Å². The number of rotatable bonds is 32. The molecule has 0 saturated heterocycles. The molecule has 40 heavy (non-hydrogen) atoms. The minimum atomic E-state index is 1.19. The minimum Gasteiger partial charge on any atom is -0.205 e. The average molecular weight is 557 g/mol. The second-order valence-electron chi connectivity index (χ2n) is 13.1. The van der Waals surface area contributed by atoms with Crippen molar-refractivity contribution in [1.82, 2.24) is 0 Å². The first-order valence-corrected chi connectivity index (χ1v) is 18.8. The van der Waals surface area contributed by atoms with E-state index in [0.29, 0.717) is 0 Å². The zero-order valence-corrected chi connectivity index (χ0v) is 27.9. The summed E-state index contributed by atoms with van der Waals surface area (Å²) in [5.41, 5.74) is 1.53. The van der Waals surface area contributed by atoms with Crippen molar-refractivity contribution in [3.63, 3.8) is 0 Å². The lowest BCUT2D eigenvalue weighted by Crippen LogP contribution is -2.32. The van der Waals surface area contributed by atoms with Crippen molar-refractivity contribution in [3.05, 3.63) is 30.1 Å². The highest BCUT2D eigenvalue weighted by atomic mass is 14.9. The molecule has 0 atom stereocenters. The maximum atomic E-state index is 2.40. The molecule has 1 aromatic heterocycles. The van der Waals surface area contributed by atoms with E-state index in [-0.39, 0.29) is 0 Å². The second-order valence-corrected chi connectivity index (χ2v) is 13.1. The molecule has 0 radical (unpaired) electrons. The molecule has 0 amide bonds. The smallest absolute Gasteiger partial charge is 0.169 e. The van der Waals surface area contributed by atoms with Crippen LogP contribution in [0.2, 0.25) is 0 Å². The first-order valence-electron chi connectivity index (χ1n) is 18.8. The van der Waals surface area contributed by atoms with Gasteiger partial charge in [-0.15, -0.1) is 0 Å². The predicted molar refractivity (Wildman–Crippen MR) is 180 cm³/mol. The Bertz CT molecular complexity index is 538. The highest BCUT2D eigenvalue weighted by Gasteiger charge is 2.02. The van der Waals surface area contributed by atoms with Crippen LogP contribution in [-0.4, -0.2) is 0 Å². The fraction of sp³-hybridized carbons (Fsp3) is 0.872. The van der Waals surface area contributed by atoms with E-state index in [1.807, 2.05) is 0 Å². The molecule has 0 aliphatic carbocycles. The van der Waals surface area contributed by atoms with Crippen molar-refractivity contribution < 1.29 is 4.57 Å². The van der Waals surface area contributed by atoms with Crippen LogP contribution in [0, 0.1) is 0 Å². The summed E-state index contributed by atoms with van der Waals surface area (Å²) < 4.78 is 2.40. The van der Waals surface area contributed by atoms with E-state index in [0.717, 1.165) is 0 Å². The molecular weight excluding hydrogens is 482 g/mol. The maximum Gasteiger partial charge on any atom is 0.169 e. The highest BCUT2D eigenvalue weighted by Crippen LogP contribution is 2.15. The van der Waals surface area contributed by atoms with Gasteiger partial charge in [-0.1, -0.05) is 187 Å². The lowest BCUT2D eigenvalue weighted by molar-refractivity contribution is -0.697. The Morgan fingerprint density at radius 2 is 0.625 bits per heavy atom. The first-order chi connectivity index (χ1) is 19.9. The molecule has 1 heterocycles. The number of hydrogen-bond acceptors (Lipinski definition) is 0. The van der Waals surface area contributed by atoms with E-state index in [1.165, 1.54) is 211 Å². The lowest BCUT2D eigenvalue weighted by atomic mass is 10.0. The monoisotopic (exact) mass is 557 g/mol. The van der Waals surface area contributed by atoms with Crippen molar-refractivity contribution in [3.8, 4) is 0 Å². The van der Waals surface area contributed by atoms with Crippen LogP contribution < -0.4 is 4.57 Å². The Morgan fingerprint density at radius 1 is 0.350 bits per heavy atom. The van der Waals surface area contributed by atoms with Gasteiger partial charge in [0.1, 0.15) is 6.54 Å². The molecule has 1 heteroatoms. The van der Waals surface area contributed by atoms with Crippen molar-refractivity contribution in [2.24, 2.45) is 0 Å². The Labute approximate surface area is 253 Å². The van der Waals surface area contributed by atoms with Crippen LogP contribution in [0.4, 0.5) is 0 Å². The van der Waals surface area contributed by atoms with E-state index in [1.54, 1.807) is 0 Å². The van der Waals surface area contributed by atoms with E-state index < -0.39 is 0 Å². The Balaban J connectivity index is 1.82. The molecule has 0 bridgehead atoms. The predicted octanol–water partition coefficient (Wildman–Crippen LogP) is 13.3. The van der Waals surface area contributed by atoms with Crippen molar-refractivity contribution in [2.45, 2.75) is 219 Å². The highest BCUT2D eigenvalue weighted by molar-refractivity contribution is 5.07. The summed E-state index contributed by atoms with van der Waals surface area (Å²) in [6, 6.07) is 4.74. The first kappa shape index (κ1) is 37.2. The van der Waals surface area contributed by atoms with Gasteiger partial charge in [-0.25, -0.2) is 4.57 Å². The van der Waals surface area contributed by atoms with E-state index in [4.69, 9.17) is 0 Å². The molecule has 0 N–H and O–H groups in total. The van der Waals surface area contributed by atoms with Gasteiger partial charge in [-0.2, -0.15) is 0 Å². The molecule has 0 aromatic carbocycles. The standard InChI is InChI=1S/C39H74N/c1-3-5-7-9-11-13-15-17-19-21-23-25-27-29-31-33-39-34-37-40(38-35-39)36-32-30-28-26-24-22-20-18-16-14-12-10-8-6-4-2/h34-35,37-38H,3-33,36H2,1-2H3/q+1. The molecule has 234 valence electrons. The molecule has 0 saturated carbocycles. The number of pyridine rings is 1. The third-order valence-corrected chi connectivity index (χ3v) is 9.05. The summed E-state index contributed by atoms with van der Waals surface area (Å²) in [6.07, 6.45) is 49.2. The molecular formula is C39H74N+. The van der Waals surface area contributed by atoms with Crippen molar-refractivity contribution in [1.29, 1.82) is 0 Å². The van der Waals surface area contributed by atoms with Crippen LogP contribution in [0.3, 0.4) is 0 Å². The third kappa shape index (κ3) is 26.1. The number of aryl methyl sites for hydroxylation is 2. The Kier molecular flexibility index (Phi) is 28.9. The van der Waals surface area contributed by atoms with Crippen LogP contribution >= 0.6 is 0 Å². The normalized spacial score (nSPS) is 11.4. The SMILES string of the molecule is CCCCCCCCCCCCCCCCCc1cc[n+](CCCCCCCCCCCCCCCCC)cc1. The van der Waals surface area contributed by atoms with Crippen LogP contribution in [0.5, 0.6) is 0 Å². The zero-order chi connectivity index (χ0) is 28.6. The maximum absolute atomic E-state index is 2.40. The van der Waals surface area contributed by atoms with Crippen molar-refractivity contribution in [2.75, 3.05) is 0 Å². The fourth-order valence-corrected chi connectivity index (χ4v) is 6.17. The minimum absolute atomic E-state index is 1.19. The molecule has 1 aromatic rings. The average Bonchev–Trinajstić information content (AvgIpc) is 2.98. The molecule has 1 rings (SSSR count). The van der Waals surface area contributed by atoms with Crippen molar-refractivity contribution >= 4 is 0 Å². The number of unbranched alkanes of at least 4 members (excludes halogenated alkanes) is 28. The molecule has 0 unspecified atom stereocenters. The fourth-order valence-electron chi connectivity index (χ4n) is 6.17. The number of aromatic nitrogens is 1. The van der Waals surface area contributed by atoms with Gasteiger partial charge in [0.2, 0.25) is 0 Å². The number of nitrogens with zero attached hydrogens (tertiary/aromatic N) is 1. The summed E-state index contributed by atoms with van der Waals surface area (Å²) in [5, 5.41) is 0. The quantitative estimate of drug-likeness (QED) is 0.0613. The molecule has 0 fully saturated rings. The van der Waals surface area contributed by atoms with Gasteiger partial charge < -0.3 is 0 Å². The Morgan fingerprint density at radius 3 is 0.950 bits per heavy atom. The molecule has 0 aliphatic heterocycles. The number of hydrogen-bond donors (Lipinski definition) is 0. The zero-order valence-electron chi connectivity index (χ0n) is 27.9. The van der Waals surface area contributed by atoms with Gasteiger partial charge in [-0.05, 0) is 24.8 Å². The Hall–Kier alpha value is -0.850. The van der Waals surface area contributed by atoms with Gasteiger partial charge in [0.05, 0.1) is 0 Å². The van der Waals surface area contributed by atoms with Gasteiger partial charge in [-0.3, -0.25) is 0 Å². The summed E-state index contributed by atoms with van der Waals surface area (Å²) in [6.45, 7) is 5.80. The molecule has 1 nitrogen and oxygen atoms in total. The summed E-state index contributed by atoms with van der Waals surface area (Å²) in [4.78, 5) is 0. The summed E-state index contributed by atoms with van der Waals surface area (Å²) in [7, 11) is 0. The summed E-state index contributed by atoms with van der Waals surface area (Å²) in [5.74, 6) is 0. The molecule has 0 aliphatic rings. The van der Waals surface area contributed by atoms with Gasteiger partial charge >= 0.3 is 0 Å². The van der Waals surface area contributed by atoms with Crippen LogP contribution in [-0.2, 0) is 13.0 Å². The topological polar surface area (TPSA) is 3.88 Å². The van der Waals surface area contributed by atoms with E-state index >= 15 is 0 Å². The van der Waals surface area contributed by atoms with Crippen LogP contribution in [0.25, 0.3) is 0 Å². The third-order valence-electron chi connectivity index (χ3n) is 9.05.